The summed E-state index contributed by atoms with van der Waals surface area (Å²) in [5, 5.41) is 2.80. The van der Waals surface area contributed by atoms with Crippen molar-refractivity contribution in [3.63, 3.8) is 0 Å². The number of nitrogens with zero attached hydrogens (tertiary/aromatic N) is 3. The summed E-state index contributed by atoms with van der Waals surface area (Å²) in [4.78, 5) is 20.6. The molecule has 0 aliphatic heterocycles. The second-order valence-electron chi connectivity index (χ2n) is 6.08. The van der Waals surface area contributed by atoms with Crippen LogP contribution >= 0.6 is 0 Å². The Morgan fingerprint density at radius 3 is 2.81 bits per heavy atom. The molecule has 3 aromatic heterocycles. The minimum atomic E-state index is -4.43. The SMILES string of the molecule is Cc1cc(C(C)NC(=O)c2cn3ccccc3n2)cnc1OCC(F)(F)F. The highest BCUT2D eigenvalue weighted by molar-refractivity contribution is 5.93. The Hall–Kier alpha value is -3.10. The van der Waals surface area contributed by atoms with Crippen LogP contribution in [0.15, 0.2) is 42.9 Å². The quantitative estimate of drug-likeness (QED) is 0.738. The summed E-state index contributed by atoms with van der Waals surface area (Å²) in [6.45, 7) is 1.94. The van der Waals surface area contributed by atoms with Gasteiger partial charge < -0.3 is 14.5 Å². The van der Waals surface area contributed by atoms with Crippen LogP contribution in [0.4, 0.5) is 13.2 Å². The summed E-state index contributed by atoms with van der Waals surface area (Å²) < 4.78 is 43.2. The largest absolute Gasteiger partial charge is 0.468 e. The standard InChI is InChI=1S/C18H17F3N4O2/c1-11-7-13(8-22-17(11)27-10-18(19,20)21)12(2)23-16(26)14-9-25-6-4-3-5-15(25)24-14/h3-9,12H,10H2,1-2H3,(H,23,26). The fourth-order valence-corrected chi connectivity index (χ4v) is 2.52. The van der Waals surface area contributed by atoms with Crippen LogP contribution in [0.5, 0.6) is 5.88 Å². The van der Waals surface area contributed by atoms with Crippen LogP contribution in [-0.4, -0.2) is 33.1 Å². The molecule has 142 valence electrons. The smallest absolute Gasteiger partial charge is 0.422 e. The number of alkyl halides is 3. The number of ether oxygens (including phenoxy) is 1. The molecule has 9 heteroatoms. The van der Waals surface area contributed by atoms with Crippen molar-refractivity contribution in [1.82, 2.24) is 19.7 Å². The number of halogens is 3. The molecule has 1 amide bonds. The molecule has 1 unspecified atom stereocenters. The van der Waals surface area contributed by atoms with Gasteiger partial charge >= 0.3 is 6.18 Å². The lowest BCUT2D eigenvalue weighted by atomic mass is 10.1. The van der Waals surface area contributed by atoms with Gasteiger partial charge in [-0.05, 0) is 37.6 Å². The number of aryl methyl sites for hydroxylation is 1. The molecule has 27 heavy (non-hydrogen) atoms. The molecule has 0 radical (unpaired) electrons. The molecular weight excluding hydrogens is 361 g/mol. The Labute approximate surface area is 153 Å². The van der Waals surface area contributed by atoms with E-state index in [0.717, 1.165) is 0 Å². The lowest BCUT2D eigenvalue weighted by Gasteiger charge is -2.15. The van der Waals surface area contributed by atoms with Crippen LogP contribution in [0.3, 0.4) is 0 Å². The Morgan fingerprint density at radius 2 is 2.15 bits per heavy atom. The minimum absolute atomic E-state index is 0.0880. The molecule has 1 N–H and O–H groups in total. The van der Waals surface area contributed by atoms with Crippen LogP contribution in [0.25, 0.3) is 5.65 Å². The fourth-order valence-electron chi connectivity index (χ4n) is 2.52. The number of hydrogen-bond donors (Lipinski definition) is 1. The highest BCUT2D eigenvalue weighted by Gasteiger charge is 2.29. The third-order valence-electron chi connectivity index (χ3n) is 3.87. The van der Waals surface area contributed by atoms with Crippen molar-refractivity contribution in [2.24, 2.45) is 0 Å². The van der Waals surface area contributed by atoms with Crippen molar-refractivity contribution in [3.8, 4) is 5.88 Å². The zero-order valence-electron chi connectivity index (χ0n) is 14.6. The first-order valence-electron chi connectivity index (χ1n) is 8.13. The van der Waals surface area contributed by atoms with Crippen molar-refractivity contribution >= 4 is 11.6 Å². The number of aromatic nitrogens is 3. The zero-order valence-corrected chi connectivity index (χ0v) is 14.6. The van der Waals surface area contributed by atoms with Gasteiger partial charge in [0.05, 0.1) is 6.04 Å². The lowest BCUT2D eigenvalue weighted by Crippen LogP contribution is -2.27. The molecule has 0 bridgehead atoms. The van der Waals surface area contributed by atoms with E-state index in [9.17, 15) is 18.0 Å². The maximum Gasteiger partial charge on any atom is 0.422 e. The van der Waals surface area contributed by atoms with E-state index in [1.54, 1.807) is 42.8 Å². The highest BCUT2D eigenvalue weighted by Crippen LogP contribution is 2.22. The van der Waals surface area contributed by atoms with Gasteiger partial charge in [-0.3, -0.25) is 4.79 Å². The van der Waals surface area contributed by atoms with Crippen LogP contribution in [0, 0.1) is 6.92 Å². The van der Waals surface area contributed by atoms with Crippen LogP contribution < -0.4 is 10.1 Å². The molecular formula is C18H17F3N4O2. The van der Waals surface area contributed by atoms with E-state index in [1.807, 2.05) is 12.1 Å². The van der Waals surface area contributed by atoms with Crippen molar-refractivity contribution in [3.05, 3.63) is 59.7 Å². The number of hydrogen-bond acceptors (Lipinski definition) is 4. The van der Waals surface area contributed by atoms with Gasteiger partial charge in [0.15, 0.2) is 6.61 Å². The van der Waals surface area contributed by atoms with E-state index in [-0.39, 0.29) is 17.5 Å². The van der Waals surface area contributed by atoms with Crippen molar-refractivity contribution < 1.29 is 22.7 Å². The minimum Gasteiger partial charge on any atom is -0.468 e. The molecule has 0 saturated heterocycles. The van der Waals surface area contributed by atoms with Gasteiger partial charge in [-0.25, -0.2) is 9.97 Å². The summed E-state index contributed by atoms with van der Waals surface area (Å²) >= 11 is 0. The molecule has 3 heterocycles. The topological polar surface area (TPSA) is 68.5 Å². The summed E-state index contributed by atoms with van der Waals surface area (Å²) in [6.07, 6.45) is 0.361. The fraction of sp³-hybridized carbons (Fsp3) is 0.278. The first kappa shape index (κ1) is 18.7. The van der Waals surface area contributed by atoms with E-state index >= 15 is 0 Å². The van der Waals surface area contributed by atoms with E-state index in [0.29, 0.717) is 16.8 Å². The molecule has 6 nitrogen and oxygen atoms in total. The van der Waals surface area contributed by atoms with Gasteiger partial charge in [-0.2, -0.15) is 13.2 Å². The summed E-state index contributed by atoms with van der Waals surface area (Å²) in [5.41, 5.74) is 2.01. The molecule has 0 fully saturated rings. The third-order valence-corrected chi connectivity index (χ3v) is 3.87. The molecule has 0 aliphatic carbocycles. The van der Waals surface area contributed by atoms with Gasteiger partial charge in [0.2, 0.25) is 5.88 Å². The molecule has 3 rings (SSSR count). The molecule has 0 spiro atoms. The number of pyridine rings is 2. The first-order valence-corrected chi connectivity index (χ1v) is 8.13. The second kappa shape index (κ2) is 7.26. The van der Waals surface area contributed by atoms with E-state index < -0.39 is 18.8 Å². The molecule has 0 aromatic carbocycles. The number of imidazole rings is 1. The van der Waals surface area contributed by atoms with E-state index in [4.69, 9.17) is 0 Å². The Bertz CT molecular complexity index is 936. The Morgan fingerprint density at radius 1 is 1.37 bits per heavy atom. The van der Waals surface area contributed by atoms with Crippen molar-refractivity contribution in [2.45, 2.75) is 26.1 Å². The highest BCUT2D eigenvalue weighted by atomic mass is 19.4. The normalized spacial score (nSPS) is 12.8. The number of carbonyl (C=O) groups excluding carboxylic acids is 1. The van der Waals surface area contributed by atoms with Gasteiger partial charge in [-0.1, -0.05) is 6.07 Å². The predicted molar refractivity (Wildman–Crippen MR) is 91.6 cm³/mol. The van der Waals surface area contributed by atoms with Crippen molar-refractivity contribution in [2.75, 3.05) is 6.61 Å². The van der Waals surface area contributed by atoms with Crippen molar-refractivity contribution in [1.29, 1.82) is 0 Å². The average molecular weight is 378 g/mol. The number of nitrogens with one attached hydrogen (secondary N) is 1. The lowest BCUT2D eigenvalue weighted by molar-refractivity contribution is -0.154. The second-order valence-corrected chi connectivity index (χ2v) is 6.08. The predicted octanol–water partition coefficient (Wildman–Crippen LogP) is 3.47. The van der Waals surface area contributed by atoms with Crippen LogP contribution in [0.2, 0.25) is 0 Å². The van der Waals surface area contributed by atoms with E-state index in [2.05, 4.69) is 20.0 Å². The summed E-state index contributed by atoms with van der Waals surface area (Å²) in [7, 11) is 0. The number of amides is 1. The molecule has 3 aromatic rings. The van der Waals surface area contributed by atoms with E-state index in [1.165, 1.54) is 6.20 Å². The molecule has 0 aliphatic rings. The maximum atomic E-state index is 12.4. The summed E-state index contributed by atoms with van der Waals surface area (Å²) in [6, 6.07) is 6.66. The van der Waals surface area contributed by atoms with Gasteiger partial charge in [-0.15, -0.1) is 0 Å². The summed E-state index contributed by atoms with van der Waals surface area (Å²) in [5.74, 6) is -0.448. The zero-order chi connectivity index (χ0) is 19.6. The molecule has 0 saturated carbocycles. The number of rotatable bonds is 5. The van der Waals surface area contributed by atoms with Gasteiger partial charge in [0.1, 0.15) is 11.3 Å². The number of carbonyl (C=O) groups is 1. The Kier molecular flexibility index (Phi) is 5.02. The van der Waals surface area contributed by atoms with Gasteiger partial charge in [0.25, 0.3) is 5.91 Å². The third kappa shape index (κ3) is 4.55. The Balaban J connectivity index is 1.69. The molecule has 1 atom stereocenters. The average Bonchev–Trinajstić information content (AvgIpc) is 3.04. The monoisotopic (exact) mass is 378 g/mol. The van der Waals surface area contributed by atoms with Crippen LogP contribution in [0.1, 0.15) is 34.6 Å². The number of fused-ring (bicyclic) bond motifs is 1. The van der Waals surface area contributed by atoms with Crippen LogP contribution in [-0.2, 0) is 0 Å². The maximum absolute atomic E-state index is 12.4. The van der Waals surface area contributed by atoms with Gasteiger partial charge in [0, 0.05) is 24.2 Å². The first-order chi connectivity index (χ1) is 12.7.